The van der Waals surface area contributed by atoms with Gasteiger partial charge in [-0.1, -0.05) is 20.3 Å². The first kappa shape index (κ1) is 17.5. The maximum atomic E-state index is 12.9. The topological polar surface area (TPSA) is 92.9 Å². The summed E-state index contributed by atoms with van der Waals surface area (Å²) in [4.78, 5) is 33.6. The van der Waals surface area contributed by atoms with Crippen LogP contribution < -0.4 is 11.2 Å². The van der Waals surface area contributed by atoms with Crippen LogP contribution in [0.3, 0.4) is 0 Å². The normalized spacial score (nSPS) is 28.1. The van der Waals surface area contributed by atoms with Gasteiger partial charge in [0.1, 0.15) is 11.3 Å². The fourth-order valence-electron chi connectivity index (χ4n) is 5.11. The molecular formula is C19H28N4O3. The van der Waals surface area contributed by atoms with E-state index in [0.29, 0.717) is 36.0 Å². The Balaban J connectivity index is 1.92. The van der Waals surface area contributed by atoms with Crippen LogP contribution in [0.4, 0.5) is 0 Å². The lowest BCUT2D eigenvalue weighted by Crippen LogP contribution is -2.40. The van der Waals surface area contributed by atoms with E-state index in [0.717, 1.165) is 44.9 Å². The van der Waals surface area contributed by atoms with Gasteiger partial charge in [-0.25, -0.2) is 9.78 Å². The molecule has 7 heteroatoms. The molecule has 2 heterocycles. The number of nitrogens with zero attached hydrogens (tertiary/aromatic N) is 3. The van der Waals surface area contributed by atoms with Crippen LogP contribution in [0.1, 0.15) is 70.5 Å². The fourth-order valence-corrected chi connectivity index (χ4v) is 5.11. The van der Waals surface area contributed by atoms with Crippen LogP contribution in [0.25, 0.3) is 11.2 Å². The van der Waals surface area contributed by atoms with E-state index >= 15 is 0 Å². The summed E-state index contributed by atoms with van der Waals surface area (Å²) in [6.07, 6.45) is 6.22. The van der Waals surface area contributed by atoms with Crippen molar-refractivity contribution >= 4 is 11.2 Å². The second-order valence-electron chi connectivity index (χ2n) is 7.98. The van der Waals surface area contributed by atoms with Crippen molar-refractivity contribution in [3.63, 3.8) is 0 Å². The van der Waals surface area contributed by atoms with Gasteiger partial charge in [0.2, 0.25) is 0 Å². The van der Waals surface area contributed by atoms with Gasteiger partial charge in [0, 0.05) is 19.0 Å². The van der Waals surface area contributed by atoms with Gasteiger partial charge in [0.25, 0.3) is 5.56 Å². The number of aryl methyl sites for hydroxylation is 1. The summed E-state index contributed by atoms with van der Waals surface area (Å²) in [6.45, 7) is 4.89. The maximum absolute atomic E-state index is 12.9. The lowest BCUT2D eigenvalue weighted by atomic mass is 9.75. The van der Waals surface area contributed by atoms with E-state index in [4.69, 9.17) is 4.98 Å². The van der Waals surface area contributed by atoms with Crippen LogP contribution in [0.5, 0.6) is 0 Å². The molecule has 0 spiro atoms. The lowest BCUT2D eigenvalue weighted by Gasteiger charge is -2.35. The second-order valence-corrected chi connectivity index (χ2v) is 7.98. The summed E-state index contributed by atoms with van der Waals surface area (Å²) in [5, 5.41) is 11.1. The Bertz CT molecular complexity index is 937. The van der Waals surface area contributed by atoms with Crippen LogP contribution in [0.15, 0.2) is 9.59 Å². The first-order chi connectivity index (χ1) is 12.5. The molecule has 2 saturated carbocycles. The largest absolute Gasteiger partial charge is 0.389 e. The van der Waals surface area contributed by atoms with Crippen molar-refractivity contribution in [2.75, 3.05) is 0 Å². The summed E-state index contributed by atoms with van der Waals surface area (Å²) in [5.74, 6) is 1.02. The quantitative estimate of drug-likeness (QED) is 0.854. The predicted octanol–water partition coefficient (Wildman–Crippen LogP) is 2.11. The molecule has 4 rings (SSSR count). The predicted molar refractivity (Wildman–Crippen MR) is 99.5 cm³/mol. The zero-order valence-electron chi connectivity index (χ0n) is 15.6. The summed E-state index contributed by atoms with van der Waals surface area (Å²) in [5.41, 5.74) is -0.467. The molecule has 2 N–H and O–H groups in total. The van der Waals surface area contributed by atoms with Gasteiger partial charge in [-0.15, -0.1) is 0 Å². The van der Waals surface area contributed by atoms with Crippen molar-refractivity contribution in [3.8, 4) is 0 Å². The molecule has 3 unspecified atom stereocenters. The third-order valence-electron chi connectivity index (χ3n) is 6.25. The number of imidazole rings is 1. The fraction of sp³-hybridized carbons (Fsp3) is 0.737. The number of aliphatic hydroxyl groups is 1. The third kappa shape index (κ3) is 2.47. The zero-order valence-corrected chi connectivity index (χ0v) is 15.6. The molecule has 7 nitrogen and oxygen atoms in total. The third-order valence-corrected chi connectivity index (χ3v) is 6.25. The molecule has 0 saturated heterocycles. The Morgan fingerprint density at radius 1 is 1.15 bits per heavy atom. The molecule has 142 valence electrons. The van der Waals surface area contributed by atoms with Gasteiger partial charge in [0.05, 0.1) is 5.60 Å². The van der Waals surface area contributed by atoms with Gasteiger partial charge in [-0.05, 0) is 44.4 Å². The Kier molecular flexibility index (Phi) is 4.29. The number of H-pyrrole nitrogens is 1. The van der Waals surface area contributed by atoms with Crippen LogP contribution in [0.2, 0.25) is 0 Å². The van der Waals surface area contributed by atoms with Gasteiger partial charge >= 0.3 is 5.69 Å². The average Bonchev–Trinajstić information content (AvgIpc) is 3.12. The van der Waals surface area contributed by atoms with E-state index in [2.05, 4.69) is 4.98 Å². The standard InChI is InChI=1S/C19H28N4O3/c1-3-10-22-16-14(17(24)23(11-4-2)18(22)25)20-15(21-16)13-12-6-5-8-19(13,26)9-7-12/h12-13,26H,3-11H2,1-2H3,(H,20,21). The number of aromatic amines is 1. The maximum Gasteiger partial charge on any atom is 0.332 e. The molecule has 0 amide bonds. The number of hydrogen-bond donors (Lipinski definition) is 2. The summed E-state index contributed by atoms with van der Waals surface area (Å²) in [7, 11) is 0. The van der Waals surface area contributed by atoms with Crippen molar-refractivity contribution in [3.05, 3.63) is 26.7 Å². The Morgan fingerprint density at radius 2 is 1.88 bits per heavy atom. The molecule has 2 aliphatic carbocycles. The molecule has 2 bridgehead atoms. The number of nitrogens with one attached hydrogen (secondary N) is 1. The van der Waals surface area contributed by atoms with E-state index < -0.39 is 5.60 Å². The summed E-state index contributed by atoms with van der Waals surface area (Å²) >= 11 is 0. The number of fused-ring (bicyclic) bond motifs is 3. The molecule has 2 fully saturated rings. The van der Waals surface area contributed by atoms with Gasteiger partial charge in [-0.2, -0.15) is 0 Å². The van der Waals surface area contributed by atoms with E-state index in [9.17, 15) is 14.7 Å². The SMILES string of the molecule is CCCn1c(=O)c2[nH]c(C3C4CCCC3(O)CC4)nc2n(CCC)c1=O. The highest BCUT2D eigenvalue weighted by atomic mass is 16.3. The highest BCUT2D eigenvalue weighted by Crippen LogP contribution is 2.54. The van der Waals surface area contributed by atoms with E-state index in [-0.39, 0.29) is 17.2 Å². The molecule has 3 atom stereocenters. The molecule has 0 radical (unpaired) electrons. The second kappa shape index (κ2) is 6.37. The summed E-state index contributed by atoms with van der Waals surface area (Å²) in [6, 6.07) is 0. The van der Waals surface area contributed by atoms with E-state index in [1.54, 1.807) is 4.57 Å². The zero-order chi connectivity index (χ0) is 18.5. The van der Waals surface area contributed by atoms with Gasteiger partial charge in [-0.3, -0.25) is 13.9 Å². The Morgan fingerprint density at radius 3 is 2.58 bits per heavy atom. The first-order valence-corrected chi connectivity index (χ1v) is 9.95. The van der Waals surface area contributed by atoms with Crippen molar-refractivity contribution in [2.45, 2.75) is 83.4 Å². The van der Waals surface area contributed by atoms with Crippen molar-refractivity contribution < 1.29 is 5.11 Å². The van der Waals surface area contributed by atoms with E-state index in [1.807, 2.05) is 13.8 Å². The van der Waals surface area contributed by atoms with Crippen LogP contribution in [-0.4, -0.2) is 29.8 Å². The highest BCUT2D eigenvalue weighted by Gasteiger charge is 2.51. The molecule has 26 heavy (non-hydrogen) atoms. The van der Waals surface area contributed by atoms with Crippen molar-refractivity contribution in [1.82, 2.24) is 19.1 Å². The number of hydrogen-bond acceptors (Lipinski definition) is 4. The van der Waals surface area contributed by atoms with E-state index in [1.165, 1.54) is 4.57 Å². The minimum atomic E-state index is -0.727. The van der Waals surface area contributed by atoms with Crippen molar-refractivity contribution in [1.29, 1.82) is 0 Å². The van der Waals surface area contributed by atoms with Gasteiger partial charge in [0.15, 0.2) is 5.65 Å². The molecule has 0 aliphatic heterocycles. The van der Waals surface area contributed by atoms with Crippen LogP contribution in [-0.2, 0) is 13.1 Å². The summed E-state index contributed by atoms with van der Waals surface area (Å²) < 4.78 is 2.92. The average molecular weight is 360 g/mol. The molecule has 2 aliphatic rings. The van der Waals surface area contributed by atoms with Crippen molar-refractivity contribution in [2.24, 2.45) is 5.92 Å². The van der Waals surface area contributed by atoms with Gasteiger partial charge < -0.3 is 10.1 Å². The number of rotatable bonds is 5. The smallest absolute Gasteiger partial charge is 0.332 e. The molecule has 2 aromatic heterocycles. The monoisotopic (exact) mass is 360 g/mol. The Hall–Kier alpha value is -1.89. The van der Waals surface area contributed by atoms with Crippen LogP contribution in [0, 0.1) is 5.92 Å². The Labute approximate surface area is 152 Å². The highest BCUT2D eigenvalue weighted by molar-refractivity contribution is 5.70. The molecular weight excluding hydrogens is 332 g/mol. The lowest BCUT2D eigenvalue weighted by molar-refractivity contribution is -0.00447. The van der Waals surface area contributed by atoms with Crippen LogP contribution >= 0.6 is 0 Å². The number of aromatic nitrogens is 4. The minimum Gasteiger partial charge on any atom is -0.389 e. The first-order valence-electron chi connectivity index (χ1n) is 9.95. The molecule has 0 aromatic carbocycles. The molecule has 2 aromatic rings. The minimum absolute atomic E-state index is 0.0622.